The third kappa shape index (κ3) is 2.54. The van der Waals surface area contributed by atoms with Crippen molar-refractivity contribution in [2.45, 2.75) is 19.8 Å². The van der Waals surface area contributed by atoms with Gasteiger partial charge in [-0.05, 0) is 17.4 Å². The van der Waals surface area contributed by atoms with E-state index in [-0.39, 0.29) is 0 Å². The topological polar surface area (TPSA) is 26.0 Å². The van der Waals surface area contributed by atoms with E-state index in [2.05, 4.69) is 42.6 Å². The van der Waals surface area contributed by atoms with Crippen LogP contribution in [0.5, 0.6) is 0 Å². The van der Waals surface area contributed by atoms with E-state index >= 15 is 0 Å². The molecule has 1 aromatic carbocycles. The van der Waals surface area contributed by atoms with Gasteiger partial charge in [0, 0.05) is 22.4 Å². The van der Waals surface area contributed by atoms with Crippen LogP contribution >= 0.6 is 11.3 Å². The molecule has 3 heteroatoms. The molecular formula is C17H17NOS. The van der Waals surface area contributed by atoms with Crippen LogP contribution in [-0.2, 0) is 0 Å². The van der Waals surface area contributed by atoms with Gasteiger partial charge in [0.1, 0.15) is 0 Å². The second-order valence-corrected chi connectivity index (χ2v) is 6.20. The summed E-state index contributed by atoms with van der Waals surface area (Å²) < 4.78 is 5.53. The normalized spacial score (nSPS) is 12.8. The Hall–Kier alpha value is -1.87. The molecule has 2 nitrogen and oxygen atoms in total. The molecule has 0 aliphatic carbocycles. The quantitative estimate of drug-likeness (QED) is 0.658. The van der Waals surface area contributed by atoms with Crippen LogP contribution in [-0.4, -0.2) is 5.16 Å². The fraction of sp³-hybridized carbons (Fsp3) is 0.235. The molecule has 2 aromatic heterocycles. The average molecular weight is 283 g/mol. The van der Waals surface area contributed by atoms with Crippen molar-refractivity contribution in [1.82, 2.24) is 5.16 Å². The van der Waals surface area contributed by atoms with E-state index in [1.54, 1.807) is 11.3 Å². The van der Waals surface area contributed by atoms with E-state index < -0.39 is 0 Å². The van der Waals surface area contributed by atoms with Gasteiger partial charge in [-0.15, -0.1) is 11.3 Å². The molecule has 1 atom stereocenters. The van der Waals surface area contributed by atoms with E-state index in [9.17, 15) is 0 Å². The number of hydrogen-bond acceptors (Lipinski definition) is 3. The Labute approximate surface area is 123 Å². The van der Waals surface area contributed by atoms with Gasteiger partial charge in [0.2, 0.25) is 0 Å². The Bertz CT molecular complexity index is 655. The number of benzene rings is 1. The van der Waals surface area contributed by atoms with Gasteiger partial charge in [-0.25, -0.2) is 0 Å². The van der Waals surface area contributed by atoms with Gasteiger partial charge >= 0.3 is 0 Å². The monoisotopic (exact) mass is 283 g/mol. The number of hydrogen-bond donors (Lipinski definition) is 0. The van der Waals surface area contributed by atoms with Gasteiger partial charge in [0.15, 0.2) is 5.76 Å². The lowest BCUT2D eigenvalue weighted by Gasteiger charge is -2.16. The minimum absolute atomic E-state index is 0.302. The Morgan fingerprint density at radius 3 is 2.50 bits per heavy atom. The number of thiophene rings is 1. The maximum absolute atomic E-state index is 5.53. The summed E-state index contributed by atoms with van der Waals surface area (Å²) >= 11 is 1.78. The molecule has 3 rings (SSSR count). The Balaban J connectivity index is 1.96. The Morgan fingerprint density at radius 1 is 1.05 bits per heavy atom. The minimum atomic E-state index is 0.302. The maximum Gasteiger partial charge on any atom is 0.167 e. The molecule has 3 aromatic rings. The Kier molecular flexibility index (Phi) is 3.70. The molecule has 0 aliphatic rings. The Morgan fingerprint density at radius 2 is 1.85 bits per heavy atom. The van der Waals surface area contributed by atoms with E-state index in [1.165, 1.54) is 4.88 Å². The summed E-state index contributed by atoms with van der Waals surface area (Å²) in [5.41, 5.74) is 2.08. The zero-order chi connectivity index (χ0) is 13.9. The molecule has 1 unspecified atom stereocenters. The van der Waals surface area contributed by atoms with Crippen LogP contribution in [0.15, 0.2) is 58.4 Å². The van der Waals surface area contributed by atoms with E-state index in [0.717, 1.165) is 17.0 Å². The van der Waals surface area contributed by atoms with Crippen molar-refractivity contribution in [2.24, 2.45) is 5.92 Å². The van der Waals surface area contributed by atoms with E-state index in [1.807, 2.05) is 30.3 Å². The maximum atomic E-state index is 5.53. The summed E-state index contributed by atoms with van der Waals surface area (Å²) in [7, 11) is 0. The lowest BCUT2D eigenvalue weighted by Crippen LogP contribution is -2.07. The first-order valence-electron chi connectivity index (χ1n) is 6.81. The summed E-state index contributed by atoms with van der Waals surface area (Å²) in [5.74, 6) is 1.63. The van der Waals surface area contributed by atoms with Crippen molar-refractivity contribution in [3.63, 3.8) is 0 Å². The van der Waals surface area contributed by atoms with E-state index in [0.29, 0.717) is 11.8 Å². The summed E-state index contributed by atoms with van der Waals surface area (Å²) in [5, 5.41) is 6.42. The third-order valence-electron chi connectivity index (χ3n) is 3.42. The first-order valence-corrected chi connectivity index (χ1v) is 7.69. The number of nitrogens with zero attached hydrogens (tertiary/aromatic N) is 1. The molecule has 0 radical (unpaired) electrons. The molecule has 0 aliphatic heterocycles. The van der Waals surface area contributed by atoms with Crippen LogP contribution < -0.4 is 0 Å². The van der Waals surface area contributed by atoms with Crippen molar-refractivity contribution in [3.8, 4) is 11.3 Å². The van der Waals surface area contributed by atoms with Crippen molar-refractivity contribution in [3.05, 3.63) is 64.5 Å². The van der Waals surface area contributed by atoms with Gasteiger partial charge in [0.05, 0.1) is 5.69 Å². The van der Waals surface area contributed by atoms with Crippen molar-refractivity contribution < 1.29 is 4.52 Å². The first kappa shape index (κ1) is 13.1. The highest BCUT2D eigenvalue weighted by Gasteiger charge is 2.23. The zero-order valence-corrected chi connectivity index (χ0v) is 12.4. The molecule has 20 heavy (non-hydrogen) atoms. The third-order valence-corrected chi connectivity index (χ3v) is 4.38. The van der Waals surface area contributed by atoms with Crippen LogP contribution in [0, 0.1) is 5.92 Å². The number of rotatable bonds is 4. The van der Waals surface area contributed by atoms with Gasteiger partial charge < -0.3 is 4.52 Å². The van der Waals surface area contributed by atoms with E-state index in [4.69, 9.17) is 4.52 Å². The van der Waals surface area contributed by atoms with Crippen LogP contribution in [0.2, 0.25) is 0 Å². The van der Waals surface area contributed by atoms with Gasteiger partial charge in [-0.2, -0.15) is 0 Å². The summed E-state index contributed by atoms with van der Waals surface area (Å²) in [6.45, 7) is 4.45. The molecular weight excluding hydrogens is 266 g/mol. The van der Waals surface area contributed by atoms with Crippen LogP contribution in [0.3, 0.4) is 0 Å². The highest BCUT2D eigenvalue weighted by Crippen LogP contribution is 2.35. The van der Waals surface area contributed by atoms with Crippen LogP contribution in [0.25, 0.3) is 11.3 Å². The molecule has 0 fully saturated rings. The minimum Gasteiger partial charge on any atom is -0.356 e. The molecule has 0 saturated heterocycles. The molecule has 0 bridgehead atoms. The lowest BCUT2D eigenvalue weighted by atomic mass is 9.91. The molecule has 0 saturated carbocycles. The predicted octanol–water partition coefficient (Wildman–Crippen LogP) is 5.19. The average Bonchev–Trinajstić information content (AvgIpc) is 3.12. The zero-order valence-electron chi connectivity index (χ0n) is 11.6. The summed E-state index contributed by atoms with van der Waals surface area (Å²) in [6.07, 6.45) is 0. The largest absolute Gasteiger partial charge is 0.356 e. The second kappa shape index (κ2) is 5.63. The summed E-state index contributed by atoms with van der Waals surface area (Å²) in [4.78, 5) is 1.34. The SMILES string of the molecule is CC(C)C(c1cc(-c2ccccc2)on1)c1cccs1. The highest BCUT2D eigenvalue weighted by molar-refractivity contribution is 7.10. The fourth-order valence-corrected chi connectivity index (χ4v) is 3.47. The molecule has 0 spiro atoms. The molecule has 0 N–H and O–H groups in total. The molecule has 2 heterocycles. The highest BCUT2D eigenvalue weighted by atomic mass is 32.1. The molecule has 0 amide bonds. The van der Waals surface area contributed by atoms with Gasteiger partial charge in [-0.1, -0.05) is 55.4 Å². The fourth-order valence-electron chi connectivity index (χ4n) is 2.46. The van der Waals surface area contributed by atoms with Crippen molar-refractivity contribution >= 4 is 11.3 Å². The lowest BCUT2D eigenvalue weighted by molar-refractivity contribution is 0.410. The van der Waals surface area contributed by atoms with Crippen molar-refractivity contribution in [2.75, 3.05) is 0 Å². The van der Waals surface area contributed by atoms with Gasteiger partial charge in [0.25, 0.3) is 0 Å². The van der Waals surface area contributed by atoms with Gasteiger partial charge in [-0.3, -0.25) is 0 Å². The first-order chi connectivity index (χ1) is 9.75. The molecule has 102 valence electrons. The van der Waals surface area contributed by atoms with Crippen LogP contribution in [0.4, 0.5) is 0 Å². The van der Waals surface area contributed by atoms with Crippen LogP contribution in [0.1, 0.15) is 30.3 Å². The number of aromatic nitrogens is 1. The second-order valence-electron chi connectivity index (χ2n) is 5.22. The standard InChI is InChI=1S/C17H17NOS/c1-12(2)17(16-9-6-10-20-16)14-11-15(19-18-14)13-7-4-3-5-8-13/h3-12,17H,1-2H3. The van der Waals surface area contributed by atoms with Crippen molar-refractivity contribution in [1.29, 1.82) is 0 Å². The predicted molar refractivity (Wildman–Crippen MR) is 82.9 cm³/mol. The smallest absolute Gasteiger partial charge is 0.167 e. The summed E-state index contributed by atoms with van der Waals surface area (Å²) in [6, 6.07) is 16.4.